The Balaban J connectivity index is 1.58. The van der Waals surface area contributed by atoms with E-state index in [1.165, 1.54) is 0 Å². The quantitative estimate of drug-likeness (QED) is 0.537. The van der Waals surface area contributed by atoms with E-state index in [0.717, 1.165) is 16.7 Å². The summed E-state index contributed by atoms with van der Waals surface area (Å²) in [5.41, 5.74) is 9.46. The zero-order valence-corrected chi connectivity index (χ0v) is 15.8. The summed E-state index contributed by atoms with van der Waals surface area (Å²) in [6.07, 6.45) is 9.45. The second-order valence-electron chi connectivity index (χ2n) is 7.06. The first kappa shape index (κ1) is 17.2. The first-order valence-corrected chi connectivity index (χ1v) is 9.28. The summed E-state index contributed by atoms with van der Waals surface area (Å²) in [6.45, 7) is 2.01. The molecule has 0 aliphatic heterocycles. The average molecular weight is 385 g/mol. The molecule has 0 saturated carbocycles. The van der Waals surface area contributed by atoms with Gasteiger partial charge < -0.3 is 19.9 Å². The lowest BCUT2D eigenvalue weighted by Crippen LogP contribution is -2.40. The van der Waals surface area contributed by atoms with Crippen LogP contribution in [0, 0.1) is 0 Å². The summed E-state index contributed by atoms with van der Waals surface area (Å²) in [6, 6.07) is 11.8. The minimum Gasteiger partial charge on any atom is -0.438 e. The number of nitrogens with zero attached hydrogens (tertiary/aromatic N) is 3. The van der Waals surface area contributed by atoms with E-state index in [2.05, 4.69) is 15.3 Å². The number of aromatic nitrogens is 3. The highest BCUT2D eigenvalue weighted by atomic mass is 16.4. The number of benzene rings is 1. The number of oxazole rings is 2. The van der Waals surface area contributed by atoms with Crippen LogP contribution < -0.4 is 11.1 Å². The highest BCUT2D eigenvalue weighted by molar-refractivity contribution is 5.72. The van der Waals surface area contributed by atoms with Crippen LogP contribution in [0.1, 0.15) is 19.2 Å². The molecule has 0 amide bonds. The van der Waals surface area contributed by atoms with Crippen molar-refractivity contribution in [2.24, 2.45) is 5.73 Å². The van der Waals surface area contributed by atoms with Crippen molar-refractivity contribution in [3.8, 4) is 11.3 Å². The van der Waals surface area contributed by atoms with Gasteiger partial charge in [-0.25, -0.2) is 9.97 Å². The molecule has 1 aromatic carbocycles. The second-order valence-corrected chi connectivity index (χ2v) is 7.06. The maximum Gasteiger partial charge on any atom is 0.296 e. The number of hydrogen-bond acceptors (Lipinski definition) is 7. The Kier molecular flexibility index (Phi) is 3.94. The molecular formula is C22H19N5O2. The first-order chi connectivity index (χ1) is 14.1. The molecule has 144 valence electrons. The Morgan fingerprint density at radius 2 is 1.97 bits per heavy atom. The van der Waals surface area contributed by atoms with Gasteiger partial charge in [0.15, 0.2) is 11.3 Å². The smallest absolute Gasteiger partial charge is 0.296 e. The Bertz CT molecular complexity index is 1210. The minimum atomic E-state index is -0.797. The summed E-state index contributed by atoms with van der Waals surface area (Å²) in [5.74, 6) is 1.14. The molecule has 0 bridgehead atoms. The van der Waals surface area contributed by atoms with Crippen molar-refractivity contribution >= 4 is 17.1 Å². The van der Waals surface area contributed by atoms with E-state index in [-0.39, 0.29) is 0 Å². The van der Waals surface area contributed by atoms with Crippen molar-refractivity contribution in [2.75, 3.05) is 5.32 Å². The number of allylic oxidation sites excluding steroid dienone is 2. The highest BCUT2D eigenvalue weighted by Crippen LogP contribution is 2.41. The number of hydrogen-bond donors (Lipinski definition) is 2. The van der Waals surface area contributed by atoms with E-state index in [1.54, 1.807) is 18.6 Å². The molecule has 29 heavy (non-hydrogen) atoms. The molecular weight excluding hydrogens is 366 g/mol. The van der Waals surface area contributed by atoms with Crippen LogP contribution in [0.2, 0.25) is 0 Å². The van der Waals surface area contributed by atoms with Gasteiger partial charge in [-0.05, 0) is 42.8 Å². The Morgan fingerprint density at radius 1 is 1.07 bits per heavy atom. The monoisotopic (exact) mass is 385 g/mol. The summed E-state index contributed by atoms with van der Waals surface area (Å²) in [7, 11) is 0. The molecule has 1 atom stereocenters. The number of anilines is 1. The maximum absolute atomic E-state index is 6.20. The summed E-state index contributed by atoms with van der Waals surface area (Å²) in [4.78, 5) is 13.3. The van der Waals surface area contributed by atoms with Gasteiger partial charge in [0.1, 0.15) is 11.1 Å². The normalized spacial score (nSPS) is 19.1. The van der Waals surface area contributed by atoms with Gasteiger partial charge in [-0.15, -0.1) is 0 Å². The van der Waals surface area contributed by atoms with Gasteiger partial charge in [-0.1, -0.05) is 18.2 Å². The van der Waals surface area contributed by atoms with Gasteiger partial charge in [0.2, 0.25) is 5.89 Å². The van der Waals surface area contributed by atoms with Gasteiger partial charge in [-0.3, -0.25) is 4.98 Å². The fraction of sp³-hybridized carbons (Fsp3) is 0.136. The molecule has 7 heteroatoms. The highest BCUT2D eigenvalue weighted by Gasteiger charge is 2.42. The summed E-state index contributed by atoms with van der Waals surface area (Å²) < 4.78 is 12.1. The first-order valence-electron chi connectivity index (χ1n) is 9.28. The van der Waals surface area contributed by atoms with Crippen molar-refractivity contribution in [1.82, 2.24) is 15.0 Å². The van der Waals surface area contributed by atoms with Gasteiger partial charge >= 0.3 is 0 Å². The van der Waals surface area contributed by atoms with Crippen LogP contribution >= 0.6 is 0 Å². The summed E-state index contributed by atoms with van der Waals surface area (Å²) in [5, 5.41) is 3.40. The van der Waals surface area contributed by atoms with E-state index in [1.807, 2.05) is 55.5 Å². The topological polar surface area (TPSA) is 103 Å². The Morgan fingerprint density at radius 3 is 2.79 bits per heavy atom. The van der Waals surface area contributed by atoms with Gasteiger partial charge in [0.05, 0.1) is 6.20 Å². The number of nitrogens with one attached hydrogen (secondary N) is 1. The second kappa shape index (κ2) is 6.63. The Hall–Kier alpha value is -3.87. The van der Waals surface area contributed by atoms with Crippen LogP contribution in [0.4, 0.5) is 6.01 Å². The van der Waals surface area contributed by atoms with Crippen LogP contribution in [-0.2, 0) is 5.54 Å². The number of fused-ring (bicyclic) bond motifs is 1. The molecule has 3 heterocycles. The number of para-hydroxylation sites is 2. The van der Waals surface area contributed by atoms with E-state index < -0.39 is 5.54 Å². The molecule has 1 unspecified atom stereocenters. The van der Waals surface area contributed by atoms with Gasteiger partial charge in [0.25, 0.3) is 6.01 Å². The standard InChI is InChI=1S/C22H19N5O2/c1-14-8-9-16(23)11-22(14,20-26-17-6-2-3-7-18(17)28-20)27-21-25-13-19(29-21)15-5-4-10-24-12-15/h2-10,12-13H,11,23H2,1H3,(H,25,27). The van der Waals surface area contributed by atoms with E-state index in [9.17, 15) is 0 Å². The molecule has 3 N–H and O–H groups in total. The SMILES string of the molecule is CC1=CC=C(N)CC1(Nc1ncc(-c2cccnc2)o1)c1nc2ccccc2o1. The van der Waals surface area contributed by atoms with Crippen molar-refractivity contribution in [2.45, 2.75) is 18.9 Å². The molecule has 7 nitrogen and oxygen atoms in total. The molecule has 1 aliphatic rings. The molecule has 0 radical (unpaired) electrons. The van der Waals surface area contributed by atoms with Crippen LogP contribution in [-0.4, -0.2) is 15.0 Å². The van der Waals surface area contributed by atoms with Crippen molar-refractivity contribution in [1.29, 1.82) is 0 Å². The van der Waals surface area contributed by atoms with Crippen molar-refractivity contribution in [3.63, 3.8) is 0 Å². The average Bonchev–Trinajstić information content (AvgIpc) is 3.38. The third-order valence-corrected chi connectivity index (χ3v) is 5.12. The largest absolute Gasteiger partial charge is 0.438 e. The molecule has 3 aromatic heterocycles. The molecule has 0 fully saturated rings. The lowest BCUT2D eigenvalue weighted by molar-refractivity contribution is 0.393. The maximum atomic E-state index is 6.20. The van der Waals surface area contributed by atoms with E-state index in [4.69, 9.17) is 19.6 Å². The molecule has 4 aromatic rings. The zero-order valence-electron chi connectivity index (χ0n) is 15.8. The lowest BCUT2D eigenvalue weighted by atomic mass is 9.82. The third-order valence-electron chi connectivity index (χ3n) is 5.12. The number of pyridine rings is 1. The van der Waals surface area contributed by atoms with Gasteiger partial charge in [-0.2, -0.15) is 0 Å². The lowest BCUT2D eigenvalue weighted by Gasteiger charge is -2.34. The fourth-order valence-electron chi connectivity index (χ4n) is 3.53. The zero-order chi connectivity index (χ0) is 19.8. The van der Waals surface area contributed by atoms with Crippen molar-refractivity contribution in [3.05, 3.63) is 84.3 Å². The number of rotatable bonds is 4. The van der Waals surface area contributed by atoms with Crippen LogP contribution in [0.3, 0.4) is 0 Å². The van der Waals surface area contributed by atoms with E-state index in [0.29, 0.717) is 35.4 Å². The van der Waals surface area contributed by atoms with Crippen LogP contribution in [0.15, 0.2) is 87.2 Å². The van der Waals surface area contributed by atoms with Crippen LogP contribution in [0.5, 0.6) is 0 Å². The predicted molar refractivity (Wildman–Crippen MR) is 110 cm³/mol. The van der Waals surface area contributed by atoms with Crippen LogP contribution in [0.25, 0.3) is 22.4 Å². The van der Waals surface area contributed by atoms with Crippen molar-refractivity contribution < 1.29 is 8.83 Å². The third kappa shape index (κ3) is 2.97. The number of nitrogens with two attached hydrogens (primary N) is 1. The minimum absolute atomic E-state index is 0.355. The molecule has 5 rings (SSSR count). The molecule has 0 spiro atoms. The molecule has 0 saturated heterocycles. The molecule has 1 aliphatic carbocycles. The summed E-state index contributed by atoms with van der Waals surface area (Å²) >= 11 is 0. The fourth-order valence-corrected chi connectivity index (χ4v) is 3.53. The van der Waals surface area contributed by atoms with E-state index >= 15 is 0 Å². The van der Waals surface area contributed by atoms with Gasteiger partial charge in [0, 0.05) is 30.1 Å². The Labute approximate surface area is 167 Å². The predicted octanol–water partition coefficient (Wildman–Crippen LogP) is 4.38.